The van der Waals surface area contributed by atoms with Crippen molar-refractivity contribution in [2.75, 3.05) is 20.2 Å². The SMILES string of the molecule is CO[C@@]12CC[C@@]3(C[C@@H]1C(C)(C)O)C1Cc4ccc(O)c5c4[C@@]3(CCN1CC1CC1)C2O5. The molecule has 7 aliphatic rings. The summed E-state index contributed by atoms with van der Waals surface area (Å²) in [6.45, 7) is 6.23. The van der Waals surface area contributed by atoms with Crippen molar-refractivity contribution in [3.8, 4) is 11.5 Å². The number of benzene rings is 1. The van der Waals surface area contributed by atoms with Gasteiger partial charge in [0.2, 0.25) is 0 Å². The van der Waals surface area contributed by atoms with E-state index in [-0.39, 0.29) is 28.6 Å². The normalized spacial score (nSPS) is 44.8. The van der Waals surface area contributed by atoms with E-state index in [4.69, 9.17) is 9.47 Å². The second-order valence-corrected chi connectivity index (χ2v) is 12.1. The van der Waals surface area contributed by atoms with Gasteiger partial charge in [-0.3, -0.25) is 4.90 Å². The molecule has 0 amide bonds. The van der Waals surface area contributed by atoms with Crippen LogP contribution in [-0.4, -0.2) is 58.7 Å². The molecule has 2 N–H and O–H groups in total. The Hall–Kier alpha value is -1.30. The average molecular weight is 426 g/mol. The number of ether oxygens (including phenoxy) is 2. The average Bonchev–Trinajstić information content (AvgIpc) is 3.47. The van der Waals surface area contributed by atoms with Crippen LogP contribution < -0.4 is 4.74 Å². The topological polar surface area (TPSA) is 62.2 Å². The summed E-state index contributed by atoms with van der Waals surface area (Å²) in [6.07, 6.45) is 7.72. The number of nitrogens with zero attached hydrogens (tertiary/aromatic N) is 1. The van der Waals surface area contributed by atoms with Crippen LogP contribution in [0.1, 0.15) is 63.5 Å². The fourth-order valence-electron chi connectivity index (χ4n) is 9.23. The maximum absolute atomic E-state index is 11.4. The highest BCUT2D eigenvalue weighted by Crippen LogP contribution is 2.77. The molecule has 1 aromatic rings. The Balaban J connectivity index is 1.49. The summed E-state index contributed by atoms with van der Waals surface area (Å²) < 4.78 is 13.2. The summed E-state index contributed by atoms with van der Waals surface area (Å²) in [7, 11) is 1.81. The molecule has 8 rings (SSSR count). The molecule has 5 heteroatoms. The van der Waals surface area contributed by atoms with E-state index in [0.29, 0.717) is 11.8 Å². The lowest BCUT2D eigenvalue weighted by Gasteiger charge is -2.75. The minimum atomic E-state index is -0.846. The number of hydrogen-bond acceptors (Lipinski definition) is 5. The number of fused-ring (bicyclic) bond motifs is 2. The van der Waals surface area contributed by atoms with Gasteiger partial charge in [0.05, 0.1) is 5.60 Å². The van der Waals surface area contributed by atoms with E-state index in [1.165, 1.54) is 30.5 Å². The lowest BCUT2D eigenvalue weighted by molar-refractivity contribution is -0.300. The fourth-order valence-corrected chi connectivity index (χ4v) is 9.23. The van der Waals surface area contributed by atoms with Crippen molar-refractivity contribution in [3.05, 3.63) is 23.3 Å². The zero-order valence-corrected chi connectivity index (χ0v) is 19.0. The first-order valence-electron chi connectivity index (χ1n) is 12.3. The van der Waals surface area contributed by atoms with Gasteiger partial charge in [0.25, 0.3) is 0 Å². The van der Waals surface area contributed by atoms with Crippen LogP contribution in [0, 0.1) is 17.3 Å². The summed E-state index contributed by atoms with van der Waals surface area (Å²) >= 11 is 0. The smallest absolute Gasteiger partial charge is 0.165 e. The number of likely N-dealkylation sites (tertiary alicyclic amines) is 1. The Kier molecular flexibility index (Phi) is 3.47. The van der Waals surface area contributed by atoms with Crippen molar-refractivity contribution in [2.45, 2.75) is 87.6 Å². The molecule has 5 nitrogen and oxygen atoms in total. The molecule has 31 heavy (non-hydrogen) atoms. The Morgan fingerprint density at radius 1 is 1.23 bits per heavy atom. The van der Waals surface area contributed by atoms with Crippen LogP contribution >= 0.6 is 0 Å². The van der Waals surface area contributed by atoms with Gasteiger partial charge in [-0.15, -0.1) is 0 Å². The lowest BCUT2D eigenvalue weighted by Crippen LogP contribution is -2.82. The van der Waals surface area contributed by atoms with Crippen molar-refractivity contribution in [3.63, 3.8) is 0 Å². The third-order valence-corrected chi connectivity index (χ3v) is 10.5. The Morgan fingerprint density at radius 2 is 2.03 bits per heavy atom. The molecular weight excluding hydrogens is 390 g/mol. The first kappa shape index (κ1) is 19.2. The van der Waals surface area contributed by atoms with Gasteiger partial charge in [0, 0.05) is 42.0 Å². The van der Waals surface area contributed by atoms with Gasteiger partial charge < -0.3 is 19.7 Å². The van der Waals surface area contributed by atoms with E-state index in [1.54, 1.807) is 0 Å². The number of phenols is 1. The van der Waals surface area contributed by atoms with E-state index >= 15 is 0 Å². The Bertz CT molecular complexity index is 967. The Labute approximate surface area is 184 Å². The van der Waals surface area contributed by atoms with Crippen LogP contribution in [0.5, 0.6) is 11.5 Å². The molecular formula is C26H35NO4. The molecule has 5 aliphatic carbocycles. The van der Waals surface area contributed by atoms with E-state index in [9.17, 15) is 10.2 Å². The van der Waals surface area contributed by atoms with Gasteiger partial charge in [-0.1, -0.05) is 6.07 Å². The van der Waals surface area contributed by atoms with E-state index in [1.807, 2.05) is 27.0 Å². The number of rotatable bonds is 4. The molecule has 2 unspecified atom stereocenters. The molecule has 0 aromatic heterocycles. The molecule has 1 saturated heterocycles. The van der Waals surface area contributed by atoms with Gasteiger partial charge in [-0.2, -0.15) is 0 Å². The second-order valence-electron chi connectivity index (χ2n) is 12.1. The predicted molar refractivity (Wildman–Crippen MR) is 116 cm³/mol. The Morgan fingerprint density at radius 3 is 2.74 bits per heavy atom. The maximum Gasteiger partial charge on any atom is 0.165 e. The predicted octanol–water partition coefficient (Wildman–Crippen LogP) is 3.39. The molecule has 6 atom stereocenters. The molecule has 168 valence electrons. The summed E-state index contributed by atoms with van der Waals surface area (Å²) in [6, 6.07) is 4.46. The number of aromatic hydroxyl groups is 1. The van der Waals surface area contributed by atoms with Gasteiger partial charge in [0.1, 0.15) is 11.7 Å². The molecule has 2 heterocycles. The number of hydrogen-bond donors (Lipinski definition) is 2. The van der Waals surface area contributed by atoms with Crippen molar-refractivity contribution in [1.82, 2.24) is 4.90 Å². The van der Waals surface area contributed by atoms with Crippen molar-refractivity contribution >= 4 is 0 Å². The number of methoxy groups -OCH3 is 1. The van der Waals surface area contributed by atoms with Crippen molar-refractivity contribution in [1.29, 1.82) is 0 Å². The van der Waals surface area contributed by atoms with Gasteiger partial charge in [-0.05, 0) is 82.9 Å². The fraction of sp³-hybridized carbons (Fsp3) is 0.769. The van der Waals surface area contributed by atoms with Crippen molar-refractivity contribution < 1.29 is 19.7 Å². The first-order chi connectivity index (χ1) is 14.8. The van der Waals surface area contributed by atoms with Crippen LogP contribution in [0.2, 0.25) is 0 Å². The summed E-state index contributed by atoms with van der Waals surface area (Å²) in [4.78, 5) is 2.81. The lowest BCUT2D eigenvalue weighted by atomic mass is 9.34. The zero-order chi connectivity index (χ0) is 21.4. The highest BCUT2D eigenvalue weighted by Gasteiger charge is 2.81. The van der Waals surface area contributed by atoms with Crippen LogP contribution in [0.3, 0.4) is 0 Å². The molecule has 2 spiro atoms. The second kappa shape index (κ2) is 5.60. The maximum atomic E-state index is 11.4. The zero-order valence-electron chi connectivity index (χ0n) is 19.0. The third-order valence-electron chi connectivity index (χ3n) is 10.5. The van der Waals surface area contributed by atoms with Gasteiger partial charge in [-0.25, -0.2) is 0 Å². The van der Waals surface area contributed by atoms with E-state index in [2.05, 4.69) is 11.0 Å². The van der Waals surface area contributed by atoms with Crippen LogP contribution in [0.25, 0.3) is 0 Å². The highest BCUT2D eigenvalue weighted by molar-refractivity contribution is 5.63. The molecule has 1 aromatic carbocycles. The third kappa shape index (κ3) is 2.02. The molecule has 4 saturated carbocycles. The van der Waals surface area contributed by atoms with Crippen LogP contribution in [0.15, 0.2) is 12.1 Å². The van der Waals surface area contributed by atoms with E-state index in [0.717, 1.165) is 44.6 Å². The van der Waals surface area contributed by atoms with Gasteiger partial charge in [0.15, 0.2) is 11.5 Å². The number of piperidine rings is 1. The number of aliphatic hydroxyl groups is 1. The molecule has 4 bridgehead atoms. The van der Waals surface area contributed by atoms with Crippen molar-refractivity contribution in [2.24, 2.45) is 17.3 Å². The summed E-state index contributed by atoms with van der Waals surface area (Å²) in [5.74, 6) is 1.86. The largest absolute Gasteiger partial charge is 0.504 e. The molecule has 2 aliphatic heterocycles. The summed E-state index contributed by atoms with van der Waals surface area (Å²) in [5, 5.41) is 22.2. The van der Waals surface area contributed by atoms with Gasteiger partial charge >= 0.3 is 0 Å². The van der Waals surface area contributed by atoms with E-state index < -0.39 is 11.2 Å². The molecule has 0 radical (unpaired) electrons. The minimum absolute atomic E-state index is 0.0123. The monoisotopic (exact) mass is 425 g/mol. The molecule has 5 fully saturated rings. The summed E-state index contributed by atoms with van der Waals surface area (Å²) in [5.41, 5.74) is 1.24. The first-order valence-corrected chi connectivity index (χ1v) is 12.3. The van der Waals surface area contributed by atoms with Crippen LogP contribution in [0.4, 0.5) is 0 Å². The highest BCUT2D eigenvalue weighted by atomic mass is 16.6. The number of phenolic OH excluding ortho intramolecular Hbond substituents is 1. The standard InChI is InChI=1S/C26H35NO4/c1-23(2,29)18-13-24-8-9-26(18,30-3)22-25(24)10-11-27(14-15-4-5-15)19(24)12-16-6-7-17(28)21(31-22)20(16)25/h6-7,15,18-19,22,28-29H,4-5,8-14H2,1-3H3/t18-,19?,22?,24-,25+,26+/m1/s1. The quantitative estimate of drug-likeness (QED) is 0.774. The minimum Gasteiger partial charge on any atom is -0.504 e. The van der Waals surface area contributed by atoms with Crippen LogP contribution in [-0.2, 0) is 16.6 Å².